The molecule has 0 atom stereocenters. The smallest absolute Gasteiger partial charge is 0.340 e. The molecule has 0 radical (unpaired) electrons. The Morgan fingerprint density at radius 3 is 2.86 bits per heavy atom. The number of H-pyrrole nitrogens is 1. The highest BCUT2D eigenvalue weighted by Crippen LogP contribution is 2.32. The van der Waals surface area contributed by atoms with Gasteiger partial charge >= 0.3 is 5.97 Å². The molecule has 2 aromatic rings. The summed E-state index contributed by atoms with van der Waals surface area (Å²) in [6.45, 7) is 7.26. The summed E-state index contributed by atoms with van der Waals surface area (Å²) < 4.78 is 10.2. The minimum atomic E-state index is -0.318. The van der Waals surface area contributed by atoms with E-state index in [4.69, 9.17) is 9.47 Å². The van der Waals surface area contributed by atoms with Crippen LogP contribution in [0.2, 0.25) is 0 Å². The zero-order chi connectivity index (χ0) is 16.1. The second-order valence-electron chi connectivity index (χ2n) is 4.80. The van der Waals surface area contributed by atoms with Crippen molar-refractivity contribution >= 4 is 22.4 Å². The first-order valence-corrected chi connectivity index (χ1v) is 8.01. The van der Waals surface area contributed by atoms with E-state index in [0.29, 0.717) is 25.3 Å². The minimum Gasteiger partial charge on any atom is -0.462 e. The fourth-order valence-electron chi connectivity index (χ4n) is 2.29. The van der Waals surface area contributed by atoms with Crippen LogP contribution >= 0.6 is 11.3 Å². The summed E-state index contributed by atoms with van der Waals surface area (Å²) in [7, 11) is 1.66. The van der Waals surface area contributed by atoms with Crippen LogP contribution in [0.25, 0.3) is 11.3 Å². The molecule has 0 amide bonds. The number of aromatic amines is 1. The van der Waals surface area contributed by atoms with E-state index in [1.165, 1.54) is 11.3 Å². The van der Waals surface area contributed by atoms with Crippen molar-refractivity contribution in [2.45, 2.75) is 20.8 Å². The van der Waals surface area contributed by atoms with Crippen molar-refractivity contribution < 1.29 is 14.3 Å². The number of hydrogen-bond donors (Lipinski definition) is 2. The van der Waals surface area contributed by atoms with E-state index in [2.05, 4.69) is 15.3 Å². The lowest BCUT2D eigenvalue weighted by atomic mass is 10.1. The molecule has 0 saturated heterocycles. The standard InChI is InChI=1S/C15H21N3O3S/c1-5-21-14(19)13-10(3)17-9(2)12(13)11-8-22-15(18-11)16-6-7-20-4/h8,17H,5-7H2,1-4H3,(H,16,18). The molecule has 0 aliphatic carbocycles. The molecule has 2 heterocycles. The number of anilines is 1. The summed E-state index contributed by atoms with van der Waals surface area (Å²) >= 11 is 1.50. The van der Waals surface area contributed by atoms with E-state index in [1.807, 2.05) is 19.2 Å². The van der Waals surface area contributed by atoms with Crippen molar-refractivity contribution in [2.24, 2.45) is 0 Å². The van der Waals surface area contributed by atoms with E-state index >= 15 is 0 Å². The maximum atomic E-state index is 12.2. The van der Waals surface area contributed by atoms with Crippen molar-refractivity contribution in [3.63, 3.8) is 0 Å². The zero-order valence-corrected chi connectivity index (χ0v) is 14.1. The fourth-order valence-corrected chi connectivity index (χ4v) is 3.02. The van der Waals surface area contributed by atoms with Gasteiger partial charge in [0, 0.05) is 36.0 Å². The number of rotatable bonds is 7. The molecule has 0 spiro atoms. The largest absolute Gasteiger partial charge is 0.462 e. The molecule has 2 N–H and O–H groups in total. The summed E-state index contributed by atoms with van der Waals surface area (Å²) in [5.74, 6) is -0.318. The maximum absolute atomic E-state index is 12.2. The van der Waals surface area contributed by atoms with Crippen LogP contribution in [0.3, 0.4) is 0 Å². The number of hydrogen-bond acceptors (Lipinski definition) is 6. The molecule has 0 saturated carbocycles. The maximum Gasteiger partial charge on any atom is 0.340 e. The summed E-state index contributed by atoms with van der Waals surface area (Å²) in [6.07, 6.45) is 0. The van der Waals surface area contributed by atoms with E-state index in [-0.39, 0.29) is 5.97 Å². The first-order valence-electron chi connectivity index (χ1n) is 7.13. The Kier molecular flexibility index (Phi) is 5.57. The van der Waals surface area contributed by atoms with Gasteiger partial charge in [0.2, 0.25) is 0 Å². The number of thiazole rings is 1. The molecule has 7 heteroatoms. The molecule has 0 bridgehead atoms. The molecular formula is C15H21N3O3S. The van der Waals surface area contributed by atoms with Crippen LogP contribution in [0.5, 0.6) is 0 Å². The number of nitrogens with zero attached hydrogens (tertiary/aromatic N) is 1. The number of aryl methyl sites for hydroxylation is 2. The van der Waals surface area contributed by atoms with E-state index in [0.717, 1.165) is 27.8 Å². The number of carbonyl (C=O) groups is 1. The van der Waals surface area contributed by atoms with Gasteiger partial charge in [-0.05, 0) is 20.8 Å². The molecule has 0 aliphatic rings. The normalized spacial score (nSPS) is 10.7. The summed E-state index contributed by atoms with van der Waals surface area (Å²) in [4.78, 5) is 19.9. The Bertz CT molecular complexity index is 648. The lowest BCUT2D eigenvalue weighted by Gasteiger charge is -2.04. The van der Waals surface area contributed by atoms with Crippen molar-refractivity contribution in [3.05, 3.63) is 22.3 Å². The highest BCUT2D eigenvalue weighted by atomic mass is 32.1. The average molecular weight is 323 g/mol. The van der Waals surface area contributed by atoms with Gasteiger partial charge in [0.25, 0.3) is 0 Å². The van der Waals surface area contributed by atoms with E-state index < -0.39 is 0 Å². The Morgan fingerprint density at radius 1 is 1.41 bits per heavy atom. The van der Waals surface area contributed by atoms with Gasteiger partial charge in [-0.2, -0.15) is 0 Å². The van der Waals surface area contributed by atoms with Gasteiger partial charge < -0.3 is 19.8 Å². The van der Waals surface area contributed by atoms with Crippen LogP contribution in [0, 0.1) is 13.8 Å². The van der Waals surface area contributed by atoms with Gasteiger partial charge in [-0.15, -0.1) is 11.3 Å². The number of methoxy groups -OCH3 is 1. The van der Waals surface area contributed by atoms with Crippen LogP contribution in [0.1, 0.15) is 28.7 Å². The highest BCUT2D eigenvalue weighted by Gasteiger charge is 2.23. The first-order chi connectivity index (χ1) is 10.6. The van der Waals surface area contributed by atoms with Gasteiger partial charge in [0.15, 0.2) is 5.13 Å². The van der Waals surface area contributed by atoms with Crippen LogP contribution in [0.4, 0.5) is 5.13 Å². The molecule has 6 nitrogen and oxygen atoms in total. The van der Waals surface area contributed by atoms with Crippen LogP contribution in [0.15, 0.2) is 5.38 Å². The minimum absolute atomic E-state index is 0.318. The van der Waals surface area contributed by atoms with Crippen molar-refractivity contribution in [2.75, 3.05) is 32.2 Å². The summed E-state index contributed by atoms with van der Waals surface area (Å²) in [6, 6.07) is 0. The monoisotopic (exact) mass is 323 g/mol. The zero-order valence-electron chi connectivity index (χ0n) is 13.3. The quantitative estimate of drug-likeness (QED) is 0.605. The molecule has 2 aromatic heterocycles. The Morgan fingerprint density at radius 2 is 2.18 bits per heavy atom. The molecule has 22 heavy (non-hydrogen) atoms. The number of nitrogens with one attached hydrogen (secondary N) is 2. The van der Waals surface area contributed by atoms with Gasteiger partial charge in [0.1, 0.15) is 0 Å². The SMILES string of the molecule is CCOC(=O)c1c(C)[nH]c(C)c1-c1csc(NCCOC)n1. The fraction of sp³-hybridized carbons (Fsp3) is 0.467. The summed E-state index contributed by atoms with van der Waals surface area (Å²) in [5, 5.41) is 5.94. The molecule has 2 rings (SSSR count). The molecule has 0 unspecified atom stereocenters. The molecule has 0 fully saturated rings. The molecule has 0 aliphatic heterocycles. The van der Waals surface area contributed by atoms with Crippen LogP contribution in [-0.2, 0) is 9.47 Å². The predicted octanol–water partition coefficient (Wildman–Crippen LogP) is 2.99. The first kappa shape index (κ1) is 16.5. The van der Waals surface area contributed by atoms with Gasteiger partial charge in [-0.25, -0.2) is 9.78 Å². The highest BCUT2D eigenvalue weighted by molar-refractivity contribution is 7.14. The predicted molar refractivity (Wildman–Crippen MR) is 87.7 cm³/mol. The van der Waals surface area contributed by atoms with Gasteiger partial charge in [0.05, 0.1) is 24.5 Å². The van der Waals surface area contributed by atoms with Gasteiger partial charge in [-0.3, -0.25) is 0 Å². The Balaban J connectivity index is 2.30. The topological polar surface area (TPSA) is 76.2 Å². The van der Waals surface area contributed by atoms with Gasteiger partial charge in [-0.1, -0.05) is 0 Å². The molecule has 0 aromatic carbocycles. The van der Waals surface area contributed by atoms with Crippen LogP contribution < -0.4 is 5.32 Å². The van der Waals surface area contributed by atoms with Crippen molar-refractivity contribution in [1.82, 2.24) is 9.97 Å². The lowest BCUT2D eigenvalue weighted by Crippen LogP contribution is -2.08. The molecular weight excluding hydrogens is 302 g/mol. The third kappa shape index (κ3) is 3.48. The van der Waals surface area contributed by atoms with Crippen molar-refractivity contribution in [3.8, 4) is 11.3 Å². The number of ether oxygens (including phenoxy) is 2. The van der Waals surface area contributed by atoms with Crippen LogP contribution in [-0.4, -0.2) is 42.8 Å². The number of carbonyl (C=O) groups excluding carboxylic acids is 1. The lowest BCUT2D eigenvalue weighted by molar-refractivity contribution is 0.0526. The Labute approximate surface area is 133 Å². The average Bonchev–Trinajstić information content (AvgIpc) is 3.03. The number of aromatic nitrogens is 2. The summed E-state index contributed by atoms with van der Waals surface area (Å²) in [5.41, 5.74) is 3.86. The third-order valence-electron chi connectivity index (χ3n) is 3.20. The molecule has 120 valence electrons. The second kappa shape index (κ2) is 7.42. The third-order valence-corrected chi connectivity index (χ3v) is 4.00. The number of esters is 1. The second-order valence-corrected chi connectivity index (χ2v) is 5.66. The van der Waals surface area contributed by atoms with Crippen molar-refractivity contribution in [1.29, 1.82) is 0 Å². The Hall–Kier alpha value is -1.86. The van der Waals surface area contributed by atoms with E-state index in [9.17, 15) is 4.79 Å². The van der Waals surface area contributed by atoms with E-state index in [1.54, 1.807) is 14.0 Å².